The second-order valence-corrected chi connectivity index (χ2v) is 2.76. The minimum atomic E-state index is 0.739. The highest BCUT2D eigenvalue weighted by atomic mass is 28.2. The van der Waals surface area contributed by atoms with Crippen LogP contribution in [0.4, 0.5) is 0 Å². The Labute approximate surface area is 54.4 Å². The maximum absolute atomic E-state index is 5.16. The summed E-state index contributed by atoms with van der Waals surface area (Å²) in [6.45, 7) is 5.12. The van der Waals surface area contributed by atoms with Crippen molar-refractivity contribution in [2.75, 3.05) is 6.61 Å². The maximum atomic E-state index is 5.16. The van der Waals surface area contributed by atoms with E-state index in [1.807, 2.05) is 6.92 Å². The van der Waals surface area contributed by atoms with Gasteiger partial charge in [-0.25, -0.2) is 0 Å². The third-order valence-electron chi connectivity index (χ3n) is 0.879. The lowest BCUT2D eigenvalue weighted by Crippen LogP contribution is -1.95. The lowest BCUT2D eigenvalue weighted by molar-refractivity contribution is 0.359. The van der Waals surface area contributed by atoms with Crippen molar-refractivity contribution < 1.29 is 4.43 Å². The van der Waals surface area contributed by atoms with Crippen molar-refractivity contribution in [3.8, 4) is 0 Å². The van der Waals surface area contributed by atoms with Gasteiger partial charge in [-0.15, -0.1) is 0 Å². The fourth-order valence-electron chi connectivity index (χ4n) is 0.423. The summed E-state index contributed by atoms with van der Waals surface area (Å²) in [7, 11) is 0.739. The van der Waals surface area contributed by atoms with Gasteiger partial charge in [-0.2, -0.15) is 0 Å². The average Bonchev–Trinajstić information content (AvgIpc) is 1.81. The van der Waals surface area contributed by atoms with Crippen LogP contribution in [-0.2, 0) is 4.43 Å². The predicted octanol–water partition coefficient (Wildman–Crippen LogP) is 1.86. The van der Waals surface area contributed by atoms with Crippen molar-refractivity contribution in [3.63, 3.8) is 0 Å². The second-order valence-electron chi connectivity index (χ2n) is 1.68. The van der Waals surface area contributed by atoms with E-state index in [0.717, 1.165) is 16.4 Å². The van der Waals surface area contributed by atoms with Crippen LogP contribution < -0.4 is 0 Å². The van der Waals surface area contributed by atoms with Gasteiger partial charge in [0.15, 0.2) is 0 Å². The van der Waals surface area contributed by atoms with Crippen LogP contribution in [0.3, 0.4) is 0 Å². The summed E-state index contributed by atoms with van der Waals surface area (Å²) in [6.07, 6.45) is 2.61. The Morgan fingerprint density at radius 3 is 2.62 bits per heavy atom. The molecule has 0 aromatic heterocycles. The molecule has 0 atom stereocenters. The van der Waals surface area contributed by atoms with Crippen molar-refractivity contribution in [2.45, 2.75) is 32.7 Å². The largest absolute Gasteiger partial charge is 0.418 e. The van der Waals surface area contributed by atoms with Gasteiger partial charge >= 0.3 is 0 Å². The lowest BCUT2D eigenvalue weighted by atomic mass is 10.4. The highest BCUT2D eigenvalue weighted by molar-refractivity contribution is 6.26. The van der Waals surface area contributed by atoms with E-state index in [4.69, 9.17) is 4.43 Å². The summed E-state index contributed by atoms with van der Waals surface area (Å²) in [5.41, 5.74) is 0. The molecule has 0 amide bonds. The molecule has 48 valence electrons. The van der Waals surface area contributed by atoms with Gasteiger partial charge in [0.25, 0.3) is 0 Å². The van der Waals surface area contributed by atoms with Crippen LogP contribution in [0.5, 0.6) is 0 Å². The van der Waals surface area contributed by atoms with Gasteiger partial charge < -0.3 is 4.43 Å². The average molecular weight is 130 g/mol. The third kappa shape index (κ3) is 6.18. The molecule has 0 heterocycles. The van der Waals surface area contributed by atoms with E-state index in [9.17, 15) is 0 Å². The van der Waals surface area contributed by atoms with E-state index < -0.39 is 0 Å². The molecule has 0 saturated carbocycles. The first-order valence-corrected chi connectivity index (χ1v) is 4.38. The van der Waals surface area contributed by atoms with Crippen LogP contribution in [0.1, 0.15) is 26.7 Å². The van der Waals surface area contributed by atoms with Gasteiger partial charge in [-0.05, 0) is 13.0 Å². The number of unbranched alkanes of at least 4 members (excludes halogenated alkanes) is 1. The molecule has 0 aliphatic carbocycles. The molecule has 0 fully saturated rings. The third-order valence-corrected chi connectivity index (χ3v) is 1.93. The summed E-state index contributed by atoms with van der Waals surface area (Å²) in [5.74, 6) is 0. The van der Waals surface area contributed by atoms with Crippen LogP contribution in [0, 0.1) is 0 Å². The SMILES string of the molecule is CCCC[Si]OCC. The number of rotatable bonds is 5. The molecule has 0 rings (SSSR count). The quantitative estimate of drug-likeness (QED) is 0.408. The zero-order chi connectivity index (χ0) is 6.24. The highest BCUT2D eigenvalue weighted by Gasteiger charge is 1.86. The number of hydrogen-bond donors (Lipinski definition) is 0. The molecule has 1 nitrogen and oxygen atoms in total. The van der Waals surface area contributed by atoms with Gasteiger partial charge in [0.1, 0.15) is 0 Å². The first kappa shape index (κ1) is 8.18. The van der Waals surface area contributed by atoms with E-state index in [-0.39, 0.29) is 0 Å². The Morgan fingerprint density at radius 2 is 2.12 bits per heavy atom. The van der Waals surface area contributed by atoms with Crippen molar-refractivity contribution >= 4 is 9.76 Å². The topological polar surface area (TPSA) is 9.23 Å². The van der Waals surface area contributed by atoms with E-state index in [2.05, 4.69) is 6.92 Å². The monoisotopic (exact) mass is 130 g/mol. The van der Waals surface area contributed by atoms with Crippen LogP contribution in [0.15, 0.2) is 0 Å². The van der Waals surface area contributed by atoms with Gasteiger partial charge in [-0.1, -0.05) is 19.8 Å². The minimum Gasteiger partial charge on any atom is -0.418 e. The molecule has 2 heteroatoms. The zero-order valence-electron chi connectivity index (χ0n) is 5.74. The van der Waals surface area contributed by atoms with Gasteiger partial charge in [0.2, 0.25) is 9.76 Å². The van der Waals surface area contributed by atoms with E-state index >= 15 is 0 Å². The molecule has 0 aromatic carbocycles. The van der Waals surface area contributed by atoms with Crippen molar-refractivity contribution in [1.82, 2.24) is 0 Å². The van der Waals surface area contributed by atoms with Gasteiger partial charge in [0.05, 0.1) is 0 Å². The molecular formula is C6H14OSi. The van der Waals surface area contributed by atoms with E-state index in [1.54, 1.807) is 0 Å². The summed E-state index contributed by atoms with van der Waals surface area (Å²) in [4.78, 5) is 0. The van der Waals surface area contributed by atoms with Crippen molar-refractivity contribution in [3.05, 3.63) is 0 Å². The molecule has 0 aromatic rings. The molecule has 8 heavy (non-hydrogen) atoms. The smallest absolute Gasteiger partial charge is 0.229 e. The van der Waals surface area contributed by atoms with E-state index in [0.29, 0.717) is 0 Å². The summed E-state index contributed by atoms with van der Waals surface area (Å²) >= 11 is 0. The minimum absolute atomic E-state index is 0.739. The highest BCUT2D eigenvalue weighted by Crippen LogP contribution is 1.92. The Bertz CT molecular complexity index is 33.5. The van der Waals surface area contributed by atoms with Crippen molar-refractivity contribution in [1.29, 1.82) is 0 Å². The Hall–Kier alpha value is 0.177. The standard InChI is InChI=1S/C6H14OSi/c1-3-5-6-8-7-4-2/h3-6H2,1-2H3. The molecule has 0 spiro atoms. The van der Waals surface area contributed by atoms with Crippen LogP contribution in [-0.4, -0.2) is 16.4 Å². The maximum Gasteiger partial charge on any atom is 0.229 e. The second kappa shape index (κ2) is 7.18. The molecule has 0 aliphatic heterocycles. The fourth-order valence-corrected chi connectivity index (χ4v) is 1.27. The van der Waals surface area contributed by atoms with Gasteiger partial charge in [-0.3, -0.25) is 0 Å². The molecule has 0 aliphatic rings. The zero-order valence-corrected chi connectivity index (χ0v) is 6.74. The summed E-state index contributed by atoms with van der Waals surface area (Å²) in [5, 5.41) is 0. The number of hydrogen-bond acceptors (Lipinski definition) is 1. The van der Waals surface area contributed by atoms with Crippen LogP contribution in [0.2, 0.25) is 6.04 Å². The Balaban J connectivity index is 2.53. The summed E-state index contributed by atoms with van der Waals surface area (Å²) < 4.78 is 5.16. The lowest BCUT2D eigenvalue weighted by Gasteiger charge is -1.94. The molecule has 0 unspecified atom stereocenters. The normalized spacial score (nSPS) is 9.75. The summed E-state index contributed by atoms with van der Waals surface area (Å²) in [6, 6.07) is 1.25. The van der Waals surface area contributed by atoms with Crippen LogP contribution >= 0.6 is 0 Å². The van der Waals surface area contributed by atoms with Gasteiger partial charge in [0, 0.05) is 6.61 Å². The van der Waals surface area contributed by atoms with Crippen molar-refractivity contribution in [2.24, 2.45) is 0 Å². The first-order valence-electron chi connectivity index (χ1n) is 3.26. The molecule has 2 radical (unpaired) electrons. The fraction of sp³-hybridized carbons (Fsp3) is 1.00. The predicted molar refractivity (Wildman–Crippen MR) is 37.1 cm³/mol. The molecular weight excluding hydrogens is 116 g/mol. The Morgan fingerprint density at radius 1 is 1.38 bits per heavy atom. The molecule has 0 bridgehead atoms. The van der Waals surface area contributed by atoms with Crippen LogP contribution in [0.25, 0.3) is 0 Å². The molecule has 0 N–H and O–H groups in total. The first-order chi connectivity index (χ1) is 3.91. The molecule has 0 saturated heterocycles. The Kier molecular flexibility index (Phi) is 7.34. The van der Waals surface area contributed by atoms with E-state index in [1.165, 1.54) is 18.9 Å².